The fourth-order valence-corrected chi connectivity index (χ4v) is 5.35. The number of thiocarbonyl (C=S) groups is 1. The summed E-state index contributed by atoms with van der Waals surface area (Å²) in [6, 6.07) is 10.8. The molecule has 1 amide bonds. The maximum Gasteiger partial charge on any atom is 0.266 e. The number of hydrogen-bond acceptors (Lipinski definition) is 5. The maximum atomic E-state index is 12.8. The number of amides is 1. The van der Waals surface area contributed by atoms with Gasteiger partial charge in [-0.25, -0.2) is 0 Å². The van der Waals surface area contributed by atoms with Gasteiger partial charge in [0.25, 0.3) is 5.91 Å². The molecule has 0 aliphatic carbocycles. The third-order valence-corrected chi connectivity index (χ3v) is 7.09. The van der Waals surface area contributed by atoms with Crippen molar-refractivity contribution in [3.8, 4) is 5.75 Å². The molecule has 2 aliphatic heterocycles. The zero-order valence-electron chi connectivity index (χ0n) is 16.3. The average Bonchev–Trinajstić information content (AvgIpc) is 3.33. The average molecular weight is 515 g/mol. The Balaban J connectivity index is 1.47. The Morgan fingerprint density at radius 2 is 1.90 bits per heavy atom. The van der Waals surface area contributed by atoms with Gasteiger partial charge in [0.1, 0.15) is 10.9 Å². The van der Waals surface area contributed by atoms with Crippen LogP contribution in [0.3, 0.4) is 0 Å². The molecule has 9 heteroatoms. The van der Waals surface area contributed by atoms with Crippen molar-refractivity contribution in [3.05, 3.63) is 67.5 Å². The number of carbonyl (C=O) groups is 1. The molecule has 0 bridgehead atoms. The Kier molecular flexibility index (Phi) is 7.47. The van der Waals surface area contributed by atoms with Gasteiger partial charge in [0.15, 0.2) is 5.75 Å². The van der Waals surface area contributed by atoms with Gasteiger partial charge >= 0.3 is 0 Å². The summed E-state index contributed by atoms with van der Waals surface area (Å²) in [7, 11) is 0. The molecule has 4 nitrogen and oxygen atoms in total. The SMILES string of the molecule is O=C1/C(=C/c2cc(Cl)c(OCc3ccc(Cl)cc3)c(Cl)c2)SC(=S)N1C[C@@H]1CCCO1. The molecule has 2 saturated heterocycles. The van der Waals surface area contributed by atoms with Crippen LogP contribution in [0, 0.1) is 0 Å². The molecular formula is C22H18Cl3NO3S2. The fourth-order valence-electron chi connectivity index (χ4n) is 3.34. The predicted molar refractivity (Wildman–Crippen MR) is 131 cm³/mol. The molecule has 0 N–H and O–H groups in total. The van der Waals surface area contributed by atoms with Crippen molar-refractivity contribution < 1.29 is 14.3 Å². The summed E-state index contributed by atoms with van der Waals surface area (Å²) in [5.41, 5.74) is 1.64. The van der Waals surface area contributed by atoms with Crippen LogP contribution in [0.15, 0.2) is 41.3 Å². The van der Waals surface area contributed by atoms with Crippen molar-refractivity contribution in [2.45, 2.75) is 25.6 Å². The highest BCUT2D eigenvalue weighted by Crippen LogP contribution is 2.38. The van der Waals surface area contributed by atoms with Crippen molar-refractivity contribution in [2.24, 2.45) is 0 Å². The van der Waals surface area contributed by atoms with Crippen molar-refractivity contribution in [1.29, 1.82) is 0 Å². The topological polar surface area (TPSA) is 38.8 Å². The molecule has 2 aromatic carbocycles. The van der Waals surface area contributed by atoms with Crippen LogP contribution in [0.25, 0.3) is 6.08 Å². The number of ether oxygens (including phenoxy) is 2. The maximum absolute atomic E-state index is 12.8. The minimum Gasteiger partial charge on any atom is -0.486 e. The highest BCUT2D eigenvalue weighted by atomic mass is 35.5. The van der Waals surface area contributed by atoms with Crippen LogP contribution in [0.4, 0.5) is 0 Å². The predicted octanol–water partition coefficient (Wildman–Crippen LogP) is 6.61. The van der Waals surface area contributed by atoms with Gasteiger partial charge in [0.2, 0.25) is 0 Å². The molecule has 162 valence electrons. The van der Waals surface area contributed by atoms with E-state index in [1.807, 2.05) is 12.1 Å². The number of carbonyl (C=O) groups excluding carboxylic acids is 1. The third-order valence-electron chi connectivity index (χ3n) is 4.90. The smallest absolute Gasteiger partial charge is 0.266 e. The number of rotatable bonds is 6. The molecule has 1 atom stereocenters. The number of nitrogens with zero attached hydrogens (tertiary/aromatic N) is 1. The molecule has 2 heterocycles. The van der Waals surface area contributed by atoms with E-state index in [0.29, 0.717) is 48.8 Å². The van der Waals surface area contributed by atoms with E-state index in [1.165, 1.54) is 11.8 Å². The third kappa shape index (κ3) is 5.56. The monoisotopic (exact) mass is 513 g/mol. The van der Waals surface area contributed by atoms with E-state index in [2.05, 4.69) is 0 Å². The molecule has 0 aromatic heterocycles. The second-order valence-corrected chi connectivity index (χ2v) is 10.1. The Hall–Kier alpha value is -1.28. The summed E-state index contributed by atoms with van der Waals surface area (Å²) in [5, 5.41) is 1.38. The van der Waals surface area contributed by atoms with Gasteiger partial charge in [-0.3, -0.25) is 9.69 Å². The summed E-state index contributed by atoms with van der Waals surface area (Å²) >= 11 is 25.4. The Morgan fingerprint density at radius 3 is 2.55 bits per heavy atom. The van der Waals surface area contributed by atoms with Crippen LogP contribution in [-0.2, 0) is 16.1 Å². The second-order valence-electron chi connectivity index (χ2n) is 7.16. The van der Waals surface area contributed by atoms with Crippen LogP contribution in [0.1, 0.15) is 24.0 Å². The lowest BCUT2D eigenvalue weighted by atomic mass is 10.2. The summed E-state index contributed by atoms with van der Waals surface area (Å²) in [5.74, 6) is 0.266. The first kappa shape index (κ1) is 22.9. The first-order chi connectivity index (χ1) is 14.9. The Morgan fingerprint density at radius 1 is 1.19 bits per heavy atom. The molecule has 0 unspecified atom stereocenters. The molecular weight excluding hydrogens is 497 g/mol. The quantitative estimate of drug-likeness (QED) is 0.320. The van der Waals surface area contributed by atoms with E-state index in [0.717, 1.165) is 25.0 Å². The van der Waals surface area contributed by atoms with Gasteiger partial charge in [-0.1, -0.05) is 70.9 Å². The highest BCUT2D eigenvalue weighted by molar-refractivity contribution is 8.26. The van der Waals surface area contributed by atoms with Crippen molar-refractivity contribution in [2.75, 3.05) is 13.2 Å². The van der Waals surface area contributed by atoms with E-state index in [4.69, 9.17) is 56.5 Å². The standard InChI is InChI=1S/C22H18Cl3NO3S2/c23-15-5-3-13(4-6-15)12-29-20-17(24)8-14(9-18(20)25)10-19-21(27)26(22(30)31-19)11-16-2-1-7-28-16/h3-6,8-10,16H,1-2,7,11-12H2/b19-10-/t16-/m0/s1. The van der Waals surface area contributed by atoms with Crippen LogP contribution in [0.2, 0.25) is 15.1 Å². The Labute approximate surface area is 205 Å². The molecule has 2 fully saturated rings. The van der Waals surface area contributed by atoms with Crippen LogP contribution in [-0.4, -0.2) is 34.4 Å². The largest absolute Gasteiger partial charge is 0.486 e. The first-order valence-corrected chi connectivity index (χ1v) is 12.0. The number of thioether (sulfide) groups is 1. The lowest BCUT2D eigenvalue weighted by molar-refractivity contribution is -0.123. The molecule has 31 heavy (non-hydrogen) atoms. The van der Waals surface area contributed by atoms with E-state index in [1.54, 1.807) is 35.2 Å². The zero-order valence-corrected chi connectivity index (χ0v) is 20.2. The minimum absolute atomic E-state index is 0.0443. The van der Waals surface area contributed by atoms with E-state index < -0.39 is 0 Å². The fraction of sp³-hybridized carbons (Fsp3) is 0.273. The van der Waals surface area contributed by atoms with Gasteiger partial charge in [0, 0.05) is 11.6 Å². The summed E-state index contributed by atoms with van der Waals surface area (Å²) in [6.07, 6.45) is 3.75. The van der Waals surface area contributed by atoms with Crippen LogP contribution < -0.4 is 4.74 Å². The lowest BCUT2D eigenvalue weighted by Gasteiger charge is -2.18. The minimum atomic E-state index is -0.124. The van der Waals surface area contributed by atoms with Gasteiger partial charge < -0.3 is 9.47 Å². The van der Waals surface area contributed by atoms with Gasteiger partial charge in [-0.2, -0.15) is 0 Å². The first-order valence-electron chi connectivity index (χ1n) is 9.64. The summed E-state index contributed by atoms with van der Waals surface area (Å²) in [6.45, 7) is 1.53. The van der Waals surface area contributed by atoms with Crippen molar-refractivity contribution >= 4 is 75.1 Å². The molecule has 0 saturated carbocycles. The zero-order chi connectivity index (χ0) is 22.0. The normalized spacial score (nSPS) is 20.2. The molecule has 2 aliphatic rings. The van der Waals surface area contributed by atoms with E-state index in [-0.39, 0.29) is 12.0 Å². The second kappa shape index (κ2) is 10.1. The number of hydrogen-bond donors (Lipinski definition) is 0. The summed E-state index contributed by atoms with van der Waals surface area (Å²) in [4.78, 5) is 15.0. The number of benzene rings is 2. The van der Waals surface area contributed by atoms with Crippen LogP contribution in [0.5, 0.6) is 5.75 Å². The van der Waals surface area contributed by atoms with E-state index in [9.17, 15) is 4.79 Å². The van der Waals surface area contributed by atoms with Crippen molar-refractivity contribution in [3.63, 3.8) is 0 Å². The highest BCUT2D eigenvalue weighted by Gasteiger charge is 2.34. The Bertz CT molecular complexity index is 1010. The van der Waals surface area contributed by atoms with Gasteiger partial charge in [0.05, 0.1) is 27.6 Å². The summed E-state index contributed by atoms with van der Waals surface area (Å²) < 4.78 is 12.0. The lowest BCUT2D eigenvalue weighted by Crippen LogP contribution is -2.35. The molecule has 0 spiro atoms. The molecule has 4 rings (SSSR count). The molecule has 2 aromatic rings. The van der Waals surface area contributed by atoms with Crippen LogP contribution >= 0.6 is 58.8 Å². The van der Waals surface area contributed by atoms with Gasteiger partial charge in [-0.05, 0) is 54.3 Å². The molecule has 0 radical (unpaired) electrons. The number of halogens is 3. The van der Waals surface area contributed by atoms with E-state index >= 15 is 0 Å². The van der Waals surface area contributed by atoms with Gasteiger partial charge in [-0.15, -0.1) is 0 Å². The van der Waals surface area contributed by atoms with Crippen molar-refractivity contribution in [1.82, 2.24) is 4.90 Å².